The van der Waals surface area contributed by atoms with Gasteiger partial charge in [0.1, 0.15) is 5.82 Å². The van der Waals surface area contributed by atoms with Crippen molar-refractivity contribution in [1.29, 1.82) is 0 Å². The largest absolute Gasteiger partial charge is 0.383 e. The summed E-state index contributed by atoms with van der Waals surface area (Å²) in [6, 6.07) is 6.11. The third-order valence-electron chi connectivity index (χ3n) is 5.76. The maximum atomic E-state index is 13.0. The first-order valence-corrected chi connectivity index (χ1v) is 9.30. The maximum absolute atomic E-state index is 13.0. The molecule has 0 radical (unpaired) electrons. The molecule has 142 valence electrons. The Hall–Kier alpha value is -1.95. The number of hydrogen-bond donors (Lipinski definition) is 0. The van der Waals surface area contributed by atoms with Crippen LogP contribution >= 0.6 is 0 Å². The predicted molar refractivity (Wildman–Crippen MR) is 96.0 cm³/mol. The molecule has 0 N–H and O–H groups in total. The molecule has 2 fully saturated rings. The lowest BCUT2D eigenvalue weighted by atomic mass is 9.72. The lowest BCUT2D eigenvalue weighted by Gasteiger charge is -2.47. The van der Waals surface area contributed by atoms with E-state index in [1.54, 1.807) is 19.2 Å². The van der Waals surface area contributed by atoms with E-state index in [-0.39, 0.29) is 23.0 Å². The number of hydrogen-bond acceptors (Lipinski definition) is 3. The van der Waals surface area contributed by atoms with E-state index in [1.807, 2.05) is 9.80 Å². The zero-order chi connectivity index (χ0) is 18.6. The third-order valence-corrected chi connectivity index (χ3v) is 5.76. The Bertz CT molecular complexity index is 639. The number of piperidine rings is 2. The van der Waals surface area contributed by atoms with Crippen LogP contribution in [-0.2, 0) is 20.7 Å². The number of nitrogens with zero attached hydrogens (tertiary/aromatic N) is 2. The van der Waals surface area contributed by atoms with Crippen LogP contribution in [0.25, 0.3) is 0 Å². The fourth-order valence-corrected chi connectivity index (χ4v) is 4.03. The average molecular weight is 362 g/mol. The van der Waals surface area contributed by atoms with Crippen molar-refractivity contribution in [2.24, 2.45) is 5.41 Å². The van der Waals surface area contributed by atoms with Crippen molar-refractivity contribution < 1.29 is 18.7 Å². The Balaban J connectivity index is 1.53. The number of carbonyl (C=O) groups excluding carboxylic acids is 2. The summed E-state index contributed by atoms with van der Waals surface area (Å²) >= 11 is 0. The monoisotopic (exact) mass is 362 g/mol. The second kappa shape index (κ2) is 8.16. The molecule has 1 aromatic rings. The van der Waals surface area contributed by atoms with Crippen LogP contribution in [0.15, 0.2) is 24.3 Å². The summed E-state index contributed by atoms with van der Waals surface area (Å²) in [6.07, 6.45) is 3.67. The minimum Gasteiger partial charge on any atom is -0.383 e. The molecule has 0 unspecified atom stereocenters. The molecule has 0 atom stereocenters. The molecule has 2 aliphatic rings. The fraction of sp³-hybridized carbons (Fsp3) is 0.600. The quantitative estimate of drug-likeness (QED) is 0.807. The van der Waals surface area contributed by atoms with Crippen LogP contribution in [0.5, 0.6) is 0 Å². The highest BCUT2D eigenvalue weighted by molar-refractivity contribution is 5.79. The predicted octanol–water partition coefficient (Wildman–Crippen LogP) is 2.25. The van der Waals surface area contributed by atoms with Crippen LogP contribution in [-0.4, -0.2) is 61.5 Å². The second-order valence-corrected chi connectivity index (χ2v) is 7.49. The van der Waals surface area contributed by atoms with Crippen LogP contribution in [0.3, 0.4) is 0 Å². The summed E-state index contributed by atoms with van der Waals surface area (Å²) in [7, 11) is 1.65. The van der Waals surface area contributed by atoms with Crippen LogP contribution < -0.4 is 0 Å². The van der Waals surface area contributed by atoms with Gasteiger partial charge in [-0.1, -0.05) is 12.1 Å². The van der Waals surface area contributed by atoms with Gasteiger partial charge in [0.05, 0.1) is 13.0 Å². The van der Waals surface area contributed by atoms with Crippen LogP contribution in [0, 0.1) is 11.2 Å². The number of ether oxygens (including phenoxy) is 1. The van der Waals surface area contributed by atoms with Gasteiger partial charge in [-0.2, -0.15) is 0 Å². The molecule has 26 heavy (non-hydrogen) atoms. The van der Waals surface area contributed by atoms with Crippen LogP contribution in [0.2, 0.25) is 0 Å². The summed E-state index contributed by atoms with van der Waals surface area (Å²) in [5.41, 5.74) is 0.972. The van der Waals surface area contributed by atoms with Gasteiger partial charge in [-0.25, -0.2) is 4.39 Å². The smallest absolute Gasteiger partial charge is 0.226 e. The van der Waals surface area contributed by atoms with Gasteiger partial charge in [0, 0.05) is 39.7 Å². The number of rotatable bonds is 5. The number of benzene rings is 1. The topological polar surface area (TPSA) is 49.9 Å². The molecule has 2 saturated heterocycles. The SMILES string of the molecule is COCCN1CC2(CCC1=O)CCN(C(=O)Cc1ccc(F)cc1)CC2. The van der Waals surface area contributed by atoms with E-state index in [0.29, 0.717) is 26.0 Å². The number of halogens is 1. The van der Waals surface area contributed by atoms with Crippen molar-refractivity contribution in [2.75, 3.05) is 39.9 Å². The summed E-state index contributed by atoms with van der Waals surface area (Å²) in [6.45, 7) is 3.43. The van der Waals surface area contributed by atoms with Gasteiger partial charge in [-0.3, -0.25) is 9.59 Å². The Labute approximate surface area is 154 Å². The molecule has 3 rings (SSSR count). The Morgan fingerprint density at radius 2 is 1.88 bits per heavy atom. The Kier molecular flexibility index (Phi) is 5.91. The summed E-state index contributed by atoms with van der Waals surface area (Å²) in [5.74, 6) is 0.0167. The zero-order valence-corrected chi connectivity index (χ0v) is 15.4. The summed E-state index contributed by atoms with van der Waals surface area (Å²) in [5, 5.41) is 0. The molecule has 1 spiro atoms. The van der Waals surface area contributed by atoms with Gasteiger partial charge in [0.2, 0.25) is 11.8 Å². The molecule has 0 bridgehead atoms. The van der Waals surface area contributed by atoms with Crippen molar-refractivity contribution in [2.45, 2.75) is 32.1 Å². The van der Waals surface area contributed by atoms with Gasteiger partial charge in [-0.05, 0) is 42.4 Å². The summed E-state index contributed by atoms with van der Waals surface area (Å²) in [4.78, 5) is 28.5. The molecule has 6 heteroatoms. The molecule has 0 aromatic heterocycles. The highest BCUT2D eigenvalue weighted by Crippen LogP contribution is 2.40. The standard InChI is InChI=1S/C20H27FN2O3/c1-26-13-12-23-15-20(7-6-18(23)24)8-10-22(11-9-20)19(25)14-16-2-4-17(21)5-3-16/h2-5H,6-15H2,1H3. The first kappa shape index (κ1) is 18.8. The van der Waals surface area contributed by atoms with Crippen molar-refractivity contribution in [3.8, 4) is 0 Å². The molecule has 2 aliphatic heterocycles. The van der Waals surface area contributed by atoms with Crippen LogP contribution in [0.4, 0.5) is 4.39 Å². The molecular formula is C20H27FN2O3. The number of methoxy groups -OCH3 is 1. The Morgan fingerprint density at radius 3 is 2.54 bits per heavy atom. The van der Waals surface area contributed by atoms with Crippen molar-refractivity contribution in [3.63, 3.8) is 0 Å². The maximum Gasteiger partial charge on any atom is 0.226 e. The van der Waals surface area contributed by atoms with Crippen LogP contribution in [0.1, 0.15) is 31.2 Å². The third kappa shape index (κ3) is 4.41. The number of likely N-dealkylation sites (tertiary alicyclic amines) is 2. The normalized spacial score (nSPS) is 19.8. The highest BCUT2D eigenvalue weighted by Gasteiger charge is 2.41. The van der Waals surface area contributed by atoms with Gasteiger partial charge in [0.15, 0.2) is 0 Å². The lowest BCUT2D eigenvalue weighted by Crippen LogP contribution is -2.53. The minimum atomic E-state index is -0.286. The first-order chi connectivity index (χ1) is 12.5. The molecular weight excluding hydrogens is 335 g/mol. The van der Waals surface area contributed by atoms with Crippen molar-refractivity contribution in [1.82, 2.24) is 9.80 Å². The minimum absolute atomic E-state index is 0.0922. The van der Waals surface area contributed by atoms with E-state index >= 15 is 0 Å². The van der Waals surface area contributed by atoms with E-state index in [0.717, 1.165) is 44.5 Å². The van der Waals surface area contributed by atoms with Gasteiger partial charge in [-0.15, -0.1) is 0 Å². The molecule has 0 saturated carbocycles. The van der Waals surface area contributed by atoms with Gasteiger partial charge >= 0.3 is 0 Å². The first-order valence-electron chi connectivity index (χ1n) is 9.30. The average Bonchev–Trinajstić information content (AvgIpc) is 2.65. The second-order valence-electron chi connectivity index (χ2n) is 7.49. The molecule has 0 aliphatic carbocycles. The van der Waals surface area contributed by atoms with Crippen molar-refractivity contribution >= 4 is 11.8 Å². The molecule has 2 heterocycles. The Morgan fingerprint density at radius 1 is 1.19 bits per heavy atom. The van der Waals surface area contributed by atoms with E-state index in [4.69, 9.17) is 4.74 Å². The van der Waals surface area contributed by atoms with Crippen molar-refractivity contribution in [3.05, 3.63) is 35.6 Å². The van der Waals surface area contributed by atoms with E-state index in [2.05, 4.69) is 0 Å². The number of amides is 2. The fourth-order valence-electron chi connectivity index (χ4n) is 4.03. The van der Waals surface area contributed by atoms with Gasteiger partial charge in [0.25, 0.3) is 0 Å². The lowest BCUT2D eigenvalue weighted by molar-refractivity contribution is -0.142. The summed E-state index contributed by atoms with van der Waals surface area (Å²) < 4.78 is 18.1. The number of carbonyl (C=O) groups is 2. The van der Waals surface area contributed by atoms with Gasteiger partial charge < -0.3 is 14.5 Å². The van der Waals surface area contributed by atoms with E-state index in [1.165, 1.54) is 12.1 Å². The zero-order valence-electron chi connectivity index (χ0n) is 15.4. The van der Waals surface area contributed by atoms with E-state index < -0.39 is 0 Å². The molecule has 1 aromatic carbocycles. The molecule has 2 amide bonds. The molecule has 5 nitrogen and oxygen atoms in total. The van der Waals surface area contributed by atoms with E-state index in [9.17, 15) is 14.0 Å². The highest BCUT2D eigenvalue weighted by atomic mass is 19.1.